The molecule has 0 saturated carbocycles. The van der Waals surface area contributed by atoms with E-state index in [9.17, 15) is 41.1 Å². The fourth-order valence-corrected chi connectivity index (χ4v) is 5.05. The van der Waals surface area contributed by atoms with Crippen molar-refractivity contribution in [3.8, 4) is 11.1 Å². The lowest BCUT2D eigenvalue weighted by molar-refractivity contribution is -0.145. The molecule has 3 aromatic heterocycles. The molecule has 0 saturated heterocycles. The van der Waals surface area contributed by atoms with E-state index in [4.69, 9.17) is 4.74 Å². The second-order valence-electron chi connectivity index (χ2n) is 10.5. The largest absolute Gasteiger partial charge is 0.464 e. The van der Waals surface area contributed by atoms with E-state index < -0.39 is 70.7 Å². The zero-order valence-electron chi connectivity index (χ0n) is 25.5. The van der Waals surface area contributed by atoms with Gasteiger partial charge in [0.2, 0.25) is 0 Å². The molecule has 3 heterocycles. The summed E-state index contributed by atoms with van der Waals surface area (Å²) in [5.74, 6) is -5.17. The predicted molar refractivity (Wildman–Crippen MR) is 158 cm³/mol. The highest BCUT2D eigenvalue weighted by Crippen LogP contribution is 2.28. The Kier molecular flexibility index (Phi) is 9.68. The van der Waals surface area contributed by atoms with Crippen LogP contribution in [0.5, 0.6) is 0 Å². The molecular weight excluding hydrogens is 619 g/mol. The summed E-state index contributed by atoms with van der Waals surface area (Å²) in [6.45, 7) is 4.29. The molecule has 11 nitrogen and oxygen atoms in total. The van der Waals surface area contributed by atoms with E-state index in [1.807, 2.05) is 5.32 Å². The molecule has 0 aliphatic rings. The lowest BCUT2D eigenvalue weighted by Crippen LogP contribution is -2.44. The van der Waals surface area contributed by atoms with Crippen molar-refractivity contribution in [2.45, 2.75) is 51.9 Å². The van der Waals surface area contributed by atoms with Crippen LogP contribution in [-0.4, -0.2) is 55.3 Å². The number of fused-ring (bicyclic) bond motifs is 1. The van der Waals surface area contributed by atoms with Crippen LogP contribution in [0.15, 0.2) is 46.2 Å². The molecule has 246 valence electrons. The topological polar surface area (TPSA) is 129 Å². The van der Waals surface area contributed by atoms with Gasteiger partial charge in [0.25, 0.3) is 11.5 Å². The Morgan fingerprint density at radius 2 is 1.70 bits per heavy atom. The van der Waals surface area contributed by atoms with E-state index in [1.165, 1.54) is 44.9 Å². The molecule has 2 atom stereocenters. The first-order valence-electron chi connectivity index (χ1n) is 14.1. The van der Waals surface area contributed by atoms with Crippen LogP contribution in [0.25, 0.3) is 16.8 Å². The second kappa shape index (κ2) is 13.1. The number of amides is 1. The Hall–Kier alpha value is -5.02. The molecule has 1 aromatic carbocycles. The van der Waals surface area contributed by atoms with Gasteiger partial charge in [-0.15, -0.1) is 0 Å². The molecular formula is C30H31F5N6O5. The van der Waals surface area contributed by atoms with Gasteiger partial charge in [0.05, 0.1) is 12.2 Å². The van der Waals surface area contributed by atoms with Gasteiger partial charge in [-0.25, -0.2) is 23.4 Å². The number of esters is 1. The normalized spacial score (nSPS) is 13.0. The van der Waals surface area contributed by atoms with Crippen LogP contribution in [0, 0.1) is 18.6 Å². The van der Waals surface area contributed by atoms with Crippen LogP contribution in [0.2, 0.25) is 0 Å². The molecule has 0 fully saturated rings. The van der Waals surface area contributed by atoms with Crippen LogP contribution in [0.1, 0.15) is 42.0 Å². The molecule has 0 radical (unpaired) electrons. The minimum atomic E-state index is -4.68. The van der Waals surface area contributed by atoms with E-state index in [0.717, 1.165) is 4.57 Å². The van der Waals surface area contributed by atoms with Crippen molar-refractivity contribution < 1.29 is 36.3 Å². The van der Waals surface area contributed by atoms with Crippen LogP contribution in [-0.2, 0) is 30.0 Å². The van der Waals surface area contributed by atoms with Gasteiger partial charge in [0.1, 0.15) is 34.9 Å². The molecule has 0 bridgehead atoms. The number of ether oxygens (including phenoxy) is 1. The van der Waals surface area contributed by atoms with Crippen molar-refractivity contribution >= 4 is 23.2 Å². The number of benzene rings is 1. The highest BCUT2D eigenvalue weighted by atomic mass is 19.4. The number of rotatable bonds is 10. The maximum atomic E-state index is 15.0. The third-order valence-electron chi connectivity index (χ3n) is 7.56. The van der Waals surface area contributed by atoms with E-state index in [-0.39, 0.29) is 24.2 Å². The monoisotopic (exact) mass is 650 g/mol. The zero-order valence-corrected chi connectivity index (χ0v) is 25.5. The number of nitrogens with one attached hydrogen (secondary N) is 2. The molecule has 2 N–H and O–H groups in total. The molecule has 0 unspecified atom stereocenters. The molecule has 0 aliphatic carbocycles. The number of carbonyl (C=O) groups is 2. The van der Waals surface area contributed by atoms with E-state index in [2.05, 4.69) is 10.3 Å². The minimum absolute atomic E-state index is 0.0825. The number of anilines is 1. The number of imidazole rings is 1. The Bertz CT molecular complexity index is 1910. The molecule has 4 aromatic rings. The second-order valence-corrected chi connectivity index (χ2v) is 10.5. The first kappa shape index (κ1) is 33.9. The van der Waals surface area contributed by atoms with Gasteiger partial charge in [-0.05, 0) is 44.5 Å². The zero-order chi connectivity index (χ0) is 34.1. The summed E-state index contributed by atoms with van der Waals surface area (Å²) in [7, 11) is 2.86. The van der Waals surface area contributed by atoms with Crippen LogP contribution < -0.4 is 21.9 Å². The van der Waals surface area contributed by atoms with Crippen molar-refractivity contribution in [2.75, 3.05) is 11.9 Å². The number of nitrogens with zero attached hydrogens (tertiary/aromatic N) is 4. The third-order valence-corrected chi connectivity index (χ3v) is 7.56. The first-order valence-corrected chi connectivity index (χ1v) is 14.1. The van der Waals surface area contributed by atoms with Crippen LogP contribution >= 0.6 is 0 Å². The fraction of sp³-hybridized carbons (Fsp3) is 0.367. The number of carbonyl (C=O) groups excluding carboxylic acids is 2. The van der Waals surface area contributed by atoms with Gasteiger partial charge < -0.3 is 24.3 Å². The molecule has 1 amide bonds. The Balaban J connectivity index is 1.69. The average Bonchev–Trinajstić information content (AvgIpc) is 3.48. The first-order chi connectivity index (χ1) is 21.6. The molecule has 0 spiro atoms. The maximum Gasteiger partial charge on any atom is 0.408 e. The predicted octanol–water partition coefficient (Wildman–Crippen LogP) is 3.64. The van der Waals surface area contributed by atoms with Crippen molar-refractivity contribution in [1.82, 2.24) is 23.8 Å². The fourth-order valence-electron chi connectivity index (χ4n) is 5.05. The van der Waals surface area contributed by atoms with Gasteiger partial charge >= 0.3 is 17.8 Å². The highest BCUT2D eigenvalue weighted by Gasteiger charge is 2.38. The Labute approximate surface area is 258 Å². The number of hydrogen-bond donors (Lipinski definition) is 2. The van der Waals surface area contributed by atoms with Crippen molar-refractivity contribution in [1.29, 1.82) is 0 Å². The smallest absolute Gasteiger partial charge is 0.408 e. The Morgan fingerprint density at radius 1 is 1.04 bits per heavy atom. The summed E-state index contributed by atoms with van der Waals surface area (Å²) < 4.78 is 78.3. The van der Waals surface area contributed by atoms with Gasteiger partial charge in [-0.2, -0.15) is 13.2 Å². The number of hydrogen-bond acceptors (Lipinski definition) is 7. The highest BCUT2D eigenvalue weighted by molar-refractivity contribution is 5.97. The lowest BCUT2D eigenvalue weighted by Gasteiger charge is -2.22. The standard InChI is InChI=1S/C30H31F5N6O5/c1-6-22(30(33,34)35)37-16-12-19(31)24(20(32)13-16)26(42)38-21(28(44)46-7-2)14-17-8-9-18(25-36-10-11-41(17)25)23-15(3)39(4)29(45)40(5)27(23)43/h8-13,21-22,37H,6-7,14H2,1-5H3,(H,38,42)/t21-,22+/m0/s1. The number of halogens is 5. The van der Waals surface area contributed by atoms with Gasteiger partial charge in [-0.1, -0.05) is 6.92 Å². The number of aromatic nitrogens is 4. The summed E-state index contributed by atoms with van der Waals surface area (Å²) in [6.07, 6.45) is -2.38. The van der Waals surface area contributed by atoms with E-state index in [1.54, 1.807) is 23.5 Å². The SMILES string of the molecule is CCOC(=O)[C@H](Cc1ccc(-c2c(C)n(C)c(=O)n(C)c2=O)c2nccn12)NC(=O)c1c(F)cc(N[C@H](CC)C(F)(F)F)cc1F. The number of alkyl halides is 3. The van der Waals surface area contributed by atoms with Crippen molar-refractivity contribution in [2.24, 2.45) is 14.1 Å². The average molecular weight is 651 g/mol. The molecule has 4 rings (SSSR count). The summed E-state index contributed by atoms with van der Waals surface area (Å²) in [6, 6.07) is 0.689. The van der Waals surface area contributed by atoms with Crippen LogP contribution in [0.4, 0.5) is 27.6 Å². The summed E-state index contributed by atoms with van der Waals surface area (Å²) in [5.41, 5.74) is -1.05. The van der Waals surface area contributed by atoms with Gasteiger partial charge in [-0.3, -0.25) is 14.2 Å². The maximum absolute atomic E-state index is 15.0. The minimum Gasteiger partial charge on any atom is -0.464 e. The van der Waals surface area contributed by atoms with Gasteiger partial charge in [0, 0.05) is 55.5 Å². The molecule has 46 heavy (non-hydrogen) atoms. The third kappa shape index (κ3) is 6.50. The number of pyridine rings is 1. The quantitative estimate of drug-likeness (QED) is 0.198. The summed E-state index contributed by atoms with van der Waals surface area (Å²) in [5, 5.41) is 4.28. The van der Waals surface area contributed by atoms with E-state index in [0.29, 0.717) is 29.1 Å². The van der Waals surface area contributed by atoms with Crippen molar-refractivity contribution in [3.05, 3.63) is 86.1 Å². The summed E-state index contributed by atoms with van der Waals surface area (Å²) >= 11 is 0. The summed E-state index contributed by atoms with van der Waals surface area (Å²) in [4.78, 5) is 55.8. The van der Waals surface area contributed by atoms with E-state index >= 15 is 0 Å². The Morgan fingerprint density at radius 3 is 2.28 bits per heavy atom. The molecule has 16 heteroatoms. The van der Waals surface area contributed by atoms with Crippen molar-refractivity contribution in [3.63, 3.8) is 0 Å². The lowest BCUT2D eigenvalue weighted by atomic mass is 10.0. The molecule has 0 aliphatic heterocycles. The van der Waals surface area contributed by atoms with Gasteiger partial charge in [0.15, 0.2) is 0 Å². The van der Waals surface area contributed by atoms with Crippen LogP contribution in [0.3, 0.4) is 0 Å².